The zero-order chi connectivity index (χ0) is 16.4. The van der Waals surface area contributed by atoms with E-state index in [-0.39, 0.29) is 5.91 Å². The molecule has 0 aromatic heterocycles. The maximum Gasteiger partial charge on any atom is 0.238 e. The lowest BCUT2D eigenvalue weighted by Gasteiger charge is -2.32. The smallest absolute Gasteiger partial charge is 0.238 e. The summed E-state index contributed by atoms with van der Waals surface area (Å²) in [6.45, 7) is 3.59. The van der Waals surface area contributed by atoms with Gasteiger partial charge in [-0.1, -0.05) is 6.07 Å². The van der Waals surface area contributed by atoms with Crippen molar-refractivity contribution in [3.8, 4) is 0 Å². The van der Waals surface area contributed by atoms with Crippen molar-refractivity contribution in [2.24, 2.45) is 14.6 Å². The molecule has 3 aliphatic rings. The van der Waals surface area contributed by atoms with Gasteiger partial charge in [0.25, 0.3) is 0 Å². The van der Waals surface area contributed by atoms with E-state index in [1.165, 1.54) is 30.7 Å². The molecule has 7 heteroatoms. The second-order valence-corrected chi connectivity index (χ2v) is 7.42. The normalized spacial score (nSPS) is 20.7. The van der Waals surface area contributed by atoms with Crippen molar-refractivity contribution in [1.29, 1.82) is 0 Å². The van der Waals surface area contributed by atoms with Crippen LogP contribution in [0.5, 0.6) is 0 Å². The van der Waals surface area contributed by atoms with E-state index in [0.29, 0.717) is 12.6 Å². The van der Waals surface area contributed by atoms with Crippen LogP contribution < -0.4 is 10.6 Å². The molecule has 0 bridgehead atoms. The minimum absolute atomic E-state index is 0.0277. The Morgan fingerprint density at radius 3 is 2.83 bits per heavy atom. The molecule has 1 aliphatic carbocycles. The number of hydrogen-bond acceptors (Lipinski definition) is 5. The molecule has 6 nitrogen and oxygen atoms in total. The number of carbonyl (C=O) groups excluding carboxylic acids is 1. The van der Waals surface area contributed by atoms with E-state index < -0.39 is 0 Å². The van der Waals surface area contributed by atoms with Gasteiger partial charge in [-0.2, -0.15) is 8.73 Å². The second kappa shape index (κ2) is 7.13. The van der Waals surface area contributed by atoms with Crippen molar-refractivity contribution in [3.05, 3.63) is 18.2 Å². The molecule has 0 radical (unpaired) electrons. The van der Waals surface area contributed by atoms with Crippen molar-refractivity contribution in [1.82, 2.24) is 10.2 Å². The molecule has 1 saturated heterocycles. The van der Waals surface area contributed by atoms with E-state index in [1.54, 1.807) is 0 Å². The summed E-state index contributed by atoms with van der Waals surface area (Å²) in [6, 6.07) is 6.32. The highest BCUT2D eigenvalue weighted by Gasteiger charge is 2.25. The van der Waals surface area contributed by atoms with Crippen molar-refractivity contribution in [3.63, 3.8) is 0 Å². The molecular weight excluding hydrogens is 322 g/mol. The molecule has 2 fully saturated rings. The minimum atomic E-state index is 0.0277. The number of anilines is 1. The lowest BCUT2D eigenvalue weighted by molar-refractivity contribution is -0.117. The van der Waals surface area contributed by atoms with Crippen LogP contribution in [0.2, 0.25) is 0 Å². The summed E-state index contributed by atoms with van der Waals surface area (Å²) in [5, 5.41) is 6.66. The molecule has 2 N–H and O–H groups in total. The number of rotatable bonds is 6. The Morgan fingerprint density at radius 2 is 2.04 bits per heavy atom. The Morgan fingerprint density at radius 1 is 1.21 bits per heavy atom. The number of fused-ring (bicyclic) bond motifs is 1. The quantitative estimate of drug-likeness (QED) is 0.846. The first-order valence-electron chi connectivity index (χ1n) is 8.75. The first-order valence-corrected chi connectivity index (χ1v) is 9.48. The Labute approximate surface area is 145 Å². The van der Waals surface area contributed by atoms with Crippen molar-refractivity contribution < 1.29 is 4.79 Å². The van der Waals surface area contributed by atoms with Crippen LogP contribution in [0, 0.1) is 5.92 Å². The molecule has 1 saturated carbocycles. The first-order chi connectivity index (χ1) is 11.8. The molecular formula is C17H23N5OS. The van der Waals surface area contributed by atoms with E-state index in [1.807, 2.05) is 18.2 Å². The Kier molecular flexibility index (Phi) is 4.73. The number of nitrogens with one attached hydrogen (secondary N) is 2. The van der Waals surface area contributed by atoms with Gasteiger partial charge in [0.1, 0.15) is 11.4 Å². The van der Waals surface area contributed by atoms with Crippen LogP contribution in [0.3, 0.4) is 0 Å². The fraction of sp³-hybridized carbons (Fsp3) is 0.588. The second-order valence-electron chi connectivity index (χ2n) is 6.89. The number of hydrogen-bond donors (Lipinski definition) is 2. The number of benzene rings is 1. The van der Waals surface area contributed by atoms with Gasteiger partial charge in [-0.3, -0.25) is 9.69 Å². The van der Waals surface area contributed by atoms with Gasteiger partial charge >= 0.3 is 0 Å². The fourth-order valence-corrected chi connectivity index (χ4v) is 3.80. The number of amides is 1. The average molecular weight is 345 g/mol. The molecule has 0 atom stereocenters. The summed E-state index contributed by atoms with van der Waals surface area (Å²) in [4.78, 5) is 14.6. The molecule has 1 amide bonds. The highest BCUT2D eigenvalue weighted by molar-refractivity contribution is 7.58. The van der Waals surface area contributed by atoms with E-state index in [2.05, 4.69) is 24.3 Å². The number of piperidine rings is 1. The third kappa shape index (κ3) is 3.91. The minimum Gasteiger partial charge on any atom is -0.323 e. The lowest BCUT2D eigenvalue weighted by Crippen LogP contribution is -2.45. The van der Waals surface area contributed by atoms with Gasteiger partial charge in [0.05, 0.1) is 23.6 Å². The molecule has 0 spiro atoms. The molecule has 128 valence electrons. The summed E-state index contributed by atoms with van der Waals surface area (Å²) >= 11 is 1.17. The van der Waals surface area contributed by atoms with E-state index in [4.69, 9.17) is 0 Å². The van der Waals surface area contributed by atoms with Gasteiger partial charge in [-0.15, -0.1) is 0 Å². The van der Waals surface area contributed by atoms with Gasteiger partial charge < -0.3 is 10.6 Å². The average Bonchev–Trinajstić information content (AvgIpc) is 3.29. The highest BCUT2D eigenvalue weighted by atomic mass is 32.1. The lowest BCUT2D eigenvalue weighted by atomic mass is 10.0. The maximum absolute atomic E-state index is 12.3. The van der Waals surface area contributed by atoms with Crippen LogP contribution in [0.1, 0.15) is 25.7 Å². The van der Waals surface area contributed by atoms with Gasteiger partial charge in [0.2, 0.25) is 5.91 Å². The maximum atomic E-state index is 12.3. The van der Waals surface area contributed by atoms with Gasteiger partial charge in [-0.05, 0) is 50.3 Å². The molecule has 2 heterocycles. The molecule has 24 heavy (non-hydrogen) atoms. The third-order valence-electron chi connectivity index (χ3n) is 4.91. The Balaban J connectivity index is 1.24. The zero-order valence-electron chi connectivity index (χ0n) is 13.7. The monoisotopic (exact) mass is 345 g/mol. The van der Waals surface area contributed by atoms with E-state index in [9.17, 15) is 4.79 Å². The van der Waals surface area contributed by atoms with Crippen LogP contribution in [0.15, 0.2) is 26.9 Å². The SMILES string of the molecule is O=C(CN1CCC(NCC2CC2)CC1)Nc1cccc2c1N=S=N2. The summed E-state index contributed by atoms with van der Waals surface area (Å²) in [5.74, 6) is 0.955. The molecule has 1 aromatic carbocycles. The highest BCUT2D eigenvalue weighted by Crippen LogP contribution is 2.38. The standard InChI is InChI=1S/C17H23N5OS/c23-16(19-14-2-1-3-15-17(14)21-24-20-15)11-22-8-6-13(7-9-22)18-10-12-4-5-12/h1-3,12-13,18H,4-11H2,(H,19,23). The van der Waals surface area contributed by atoms with Crippen LogP contribution in [-0.2, 0) is 16.1 Å². The third-order valence-corrected chi connectivity index (χ3v) is 5.45. The van der Waals surface area contributed by atoms with Crippen molar-refractivity contribution in [2.75, 3.05) is 31.5 Å². The molecule has 4 rings (SSSR count). The first kappa shape index (κ1) is 15.9. The van der Waals surface area contributed by atoms with Gasteiger partial charge in [-0.25, -0.2) is 0 Å². The van der Waals surface area contributed by atoms with Gasteiger partial charge in [0, 0.05) is 19.1 Å². The molecule has 0 unspecified atom stereocenters. The van der Waals surface area contributed by atoms with Crippen molar-refractivity contribution >= 4 is 34.3 Å². The van der Waals surface area contributed by atoms with Crippen LogP contribution in [0.25, 0.3) is 0 Å². The summed E-state index contributed by atoms with van der Waals surface area (Å²) in [7, 11) is 0. The van der Waals surface area contributed by atoms with E-state index in [0.717, 1.165) is 48.9 Å². The van der Waals surface area contributed by atoms with Crippen LogP contribution in [0.4, 0.5) is 17.1 Å². The summed E-state index contributed by atoms with van der Waals surface area (Å²) in [5.41, 5.74) is 2.37. The zero-order valence-corrected chi connectivity index (χ0v) is 14.5. The number of carbonyl (C=O) groups is 1. The number of nitrogens with zero attached hydrogens (tertiary/aromatic N) is 3. The van der Waals surface area contributed by atoms with Crippen LogP contribution in [-0.4, -0.2) is 43.0 Å². The van der Waals surface area contributed by atoms with E-state index >= 15 is 0 Å². The molecule has 2 aliphatic heterocycles. The largest absolute Gasteiger partial charge is 0.323 e. The van der Waals surface area contributed by atoms with Crippen molar-refractivity contribution in [2.45, 2.75) is 31.7 Å². The summed E-state index contributed by atoms with van der Waals surface area (Å²) in [6.07, 6.45) is 5.05. The Bertz CT molecular complexity index is 688. The predicted molar refractivity (Wildman–Crippen MR) is 96.8 cm³/mol. The summed E-state index contributed by atoms with van der Waals surface area (Å²) < 4.78 is 8.47. The molecule has 1 aromatic rings. The fourth-order valence-electron chi connectivity index (χ4n) is 3.25. The van der Waals surface area contributed by atoms with Crippen LogP contribution >= 0.6 is 0 Å². The number of likely N-dealkylation sites (tertiary alicyclic amines) is 1. The topological polar surface area (TPSA) is 69.1 Å². The predicted octanol–water partition coefficient (Wildman–Crippen LogP) is 2.82. The Hall–Kier alpha value is -1.57. The van der Waals surface area contributed by atoms with Gasteiger partial charge in [0.15, 0.2) is 0 Å².